The summed E-state index contributed by atoms with van der Waals surface area (Å²) in [5.41, 5.74) is 4.74. The predicted molar refractivity (Wildman–Crippen MR) is 56.8 cm³/mol. The number of anilines is 2. The van der Waals surface area contributed by atoms with Crippen LogP contribution in [0.25, 0.3) is 0 Å². The number of nitrogens with two attached hydrogens (primary N) is 1. The van der Waals surface area contributed by atoms with Gasteiger partial charge < -0.3 is 15.7 Å². The van der Waals surface area contributed by atoms with Crippen LogP contribution < -0.4 is 10.6 Å². The molecule has 0 unspecified atom stereocenters. The lowest BCUT2D eigenvalue weighted by molar-refractivity contribution is -0.138. The van der Waals surface area contributed by atoms with Crippen molar-refractivity contribution in [3.05, 3.63) is 23.8 Å². The molecule has 0 radical (unpaired) electrons. The lowest BCUT2D eigenvalue weighted by Gasteiger charge is -2.19. The maximum atomic E-state index is 12.3. The molecule has 0 heterocycles. The van der Waals surface area contributed by atoms with Crippen LogP contribution in [-0.2, 0) is 11.0 Å². The number of carbonyl (C=O) groups is 1. The van der Waals surface area contributed by atoms with Gasteiger partial charge in [0, 0.05) is 7.05 Å². The highest BCUT2D eigenvalue weighted by molar-refractivity contribution is 5.77. The van der Waals surface area contributed by atoms with Crippen molar-refractivity contribution in [3.8, 4) is 0 Å². The molecule has 0 aromatic heterocycles. The molecular weight excluding hydrogens is 237 g/mol. The van der Waals surface area contributed by atoms with Crippen molar-refractivity contribution >= 4 is 17.3 Å². The minimum atomic E-state index is -4.46. The molecule has 0 atom stereocenters. The zero-order valence-electron chi connectivity index (χ0n) is 8.95. The zero-order chi connectivity index (χ0) is 13.2. The molecule has 0 saturated carbocycles. The Bertz CT molecular complexity index is 432. The van der Waals surface area contributed by atoms with Crippen molar-refractivity contribution in [2.75, 3.05) is 24.2 Å². The number of carboxylic acid groups (broad SMARTS) is 1. The standard InChI is InChI=1S/C10H11F3N2O2/c1-15(5-9(16)17)8-3-2-6(4-7(8)14)10(11,12)13/h2-4H,5,14H2,1H3,(H,16,17). The van der Waals surface area contributed by atoms with E-state index in [9.17, 15) is 18.0 Å². The Labute approximate surface area is 95.4 Å². The molecule has 0 aliphatic carbocycles. The van der Waals surface area contributed by atoms with Gasteiger partial charge in [-0.3, -0.25) is 4.79 Å². The molecular formula is C10H11F3N2O2. The summed E-state index contributed by atoms with van der Waals surface area (Å²) >= 11 is 0. The summed E-state index contributed by atoms with van der Waals surface area (Å²) in [6, 6.07) is 2.80. The Kier molecular flexibility index (Phi) is 3.50. The first kappa shape index (κ1) is 13.1. The fourth-order valence-electron chi connectivity index (χ4n) is 1.37. The Hall–Kier alpha value is -1.92. The second kappa shape index (κ2) is 4.52. The summed E-state index contributed by atoms with van der Waals surface area (Å²) in [5, 5.41) is 8.56. The molecule has 4 nitrogen and oxygen atoms in total. The number of benzene rings is 1. The molecule has 1 aromatic rings. The SMILES string of the molecule is CN(CC(=O)O)c1ccc(C(F)(F)F)cc1N. The molecule has 0 aliphatic heterocycles. The second-order valence-corrected chi connectivity index (χ2v) is 3.52. The number of nitrogens with zero attached hydrogens (tertiary/aromatic N) is 1. The average molecular weight is 248 g/mol. The topological polar surface area (TPSA) is 66.6 Å². The second-order valence-electron chi connectivity index (χ2n) is 3.52. The summed E-state index contributed by atoms with van der Waals surface area (Å²) < 4.78 is 37.0. The van der Waals surface area contributed by atoms with E-state index < -0.39 is 17.7 Å². The van der Waals surface area contributed by atoms with E-state index in [-0.39, 0.29) is 17.9 Å². The van der Waals surface area contributed by atoms with Crippen molar-refractivity contribution < 1.29 is 23.1 Å². The molecule has 0 aliphatic rings. The first-order valence-electron chi connectivity index (χ1n) is 4.61. The summed E-state index contributed by atoms with van der Waals surface area (Å²) in [6.45, 7) is -0.338. The molecule has 0 fully saturated rings. The summed E-state index contributed by atoms with van der Waals surface area (Å²) in [4.78, 5) is 11.7. The maximum absolute atomic E-state index is 12.3. The fourth-order valence-corrected chi connectivity index (χ4v) is 1.37. The third-order valence-corrected chi connectivity index (χ3v) is 2.14. The van der Waals surface area contributed by atoms with Gasteiger partial charge in [-0.1, -0.05) is 0 Å². The van der Waals surface area contributed by atoms with E-state index >= 15 is 0 Å². The number of hydrogen-bond acceptors (Lipinski definition) is 3. The quantitative estimate of drug-likeness (QED) is 0.800. The van der Waals surface area contributed by atoms with E-state index in [0.717, 1.165) is 18.2 Å². The number of hydrogen-bond donors (Lipinski definition) is 2. The summed E-state index contributed by atoms with van der Waals surface area (Å²) in [5.74, 6) is -1.09. The van der Waals surface area contributed by atoms with Gasteiger partial charge in [0.1, 0.15) is 6.54 Å². The summed E-state index contributed by atoms with van der Waals surface area (Å²) in [7, 11) is 1.44. The van der Waals surface area contributed by atoms with E-state index in [1.807, 2.05) is 0 Å². The first-order valence-corrected chi connectivity index (χ1v) is 4.61. The van der Waals surface area contributed by atoms with Crippen LogP contribution in [0, 0.1) is 0 Å². The molecule has 0 spiro atoms. The molecule has 0 amide bonds. The van der Waals surface area contributed by atoms with Crippen LogP contribution in [0.2, 0.25) is 0 Å². The first-order chi connectivity index (χ1) is 7.71. The molecule has 0 bridgehead atoms. The Morgan fingerprint density at radius 1 is 1.47 bits per heavy atom. The van der Waals surface area contributed by atoms with E-state index in [4.69, 9.17) is 10.8 Å². The molecule has 0 saturated heterocycles. The van der Waals surface area contributed by atoms with E-state index in [2.05, 4.69) is 0 Å². The number of carboxylic acids is 1. The van der Waals surface area contributed by atoms with Gasteiger partial charge in [0.25, 0.3) is 0 Å². The highest BCUT2D eigenvalue weighted by Crippen LogP contribution is 2.33. The molecule has 1 aromatic carbocycles. The van der Waals surface area contributed by atoms with Crippen LogP contribution in [0.1, 0.15) is 5.56 Å². The van der Waals surface area contributed by atoms with Crippen LogP contribution in [0.3, 0.4) is 0 Å². The van der Waals surface area contributed by atoms with Gasteiger partial charge in [-0.15, -0.1) is 0 Å². The van der Waals surface area contributed by atoms with Crippen molar-refractivity contribution in [1.82, 2.24) is 0 Å². The van der Waals surface area contributed by atoms with Gasteiger partial charge in [0.05, 0.1) is 16.9 Å². The lowest BCUT2D eigenvalue weighted by Crippen LogP contribution is -2.26. The number of halogens is 3. The smallest absolute Gasteiger partial charge is 0.416 e. The van der Waals surface area contributed by atoms with E-state index in [1.54, 1.807) is 0 Å². The van der Waals surface area contributed by atoms with Gasteiger partial charge >= 0.3 is 12.1 Å². The highest BCUT2D eigenvalue weighted by atomic mass is 19.4. The average Bonchev–Trinajstić information content (AvgIpc) is 2.14. The zero-order valence-corrected chi connectivity index (χ0v) is 8.95. The Balaban J connectivity index is 3.02. The lowest BCUT2D eigenvalue weighted by atomic mass is 10.1. The van der Waals surface area contributed by atoms with Crippen LogP contribution in [0.15, 0.2) is 18.2 Å². The Morgan fingerprint density at radius 2 is 2.06 bits per heavy atom. The molecule has 3 N–H and O–H groups in total. The van der Waals surface area contributed by atoms with Gasteiger partial charge in [-0.25, -0.2) is 0 Å². The van der Waals surface area contributed by atoms with Crippen molar-refractivity contribution in [2.24, 2.45) is 0 Å². The number of alkyl halides is 3. The molecule has 94 valence electrons. The van der Waals surface area contributed by atoms with Crippen molar-refractivity contribution in [2.45, 2.75) is 6.18 Å². The maximum Gasteiger partial charge on any atom is 0.416 e. The van der Waals surface area contributed by atoms with Crippen LogP contribution in [0.5, 0.6) is 0 Å². The minimum Gasteiger partial charge on any atom is -0.480 e. The van der Waals surface area contributed by atoms with E-state index in [0.29, 0.717) is 0 Å². The normalized spacial score (nSPS) is 11.3. The van der Waals surface area contributed by atoms with Crippen LogP contribution >= 0.6 is 0 Å². The van der Waals surface area contributed by atoms with Gasteiger partial charge in [0.2, 0.25) is 0 Å². The van der Waals surface area contributed by atoms with Crippen molar-refractivity contribution in [1.29, 1.82) is 0 Å². The third kappa shape index (κ3) is 3.27. The van der Waals surface area contributed by atoms with Gasteiger partial charge in [0.15, 0.2) is 0 Å². The summed E-state index contributed by atoms with van der Waals surface area (Å²) in [6.07, 6.45) is -4.46. The van der Waals surface area contributed by atoms with Crippen molar-refractivity contribution in [3.63, 3.8) is 0 Å². The van der Waals surface area contributed by atoms with Crippen LogP contribution in [0.4, 0.5) is 24.5 Å². The molecule has 1 rings (SSSR count). The molecule has 17 heavy (non-hydrogen) atoms. The van der Waals surface area contributed by atoms with Gasteiger partial charge in [-0.05, 0) is 18.2 Å². The predicted octanol–water partition coefficient (Wildman–Crippen LogP) is 1.81. The number of nitrogen functional groups attached to an aromatic ring is 1. The highest BCUT2D eigenvalue weighted by Gasteiger charge is 2.31. The largest absolute Gasteiger partial charge is 0.480 e. The number of rotatable bonds is 3. The van der Waals surface area contributed by atoms with E-state index in [1.165, 1.54) is 11.9 Å². The minimum absolute atomic E-state index is 0.108. The number of aliphatic carboxylic acids is 1. The van der Waals surface area contributed by atoms with Gasteiger partial charge in [-0.2, -0.15) is 13.2 Å². The third-order valence-electron chi connectivity index (χ3n) is 2.14. The Morgan fingerprint density at radius 3 is 2.47 bits per heavy atom. The monoisotopic (exact) mass is 248 g/mol. The number of likely N-dealkylation sites (N-methyl/N-ethyl adjacent to an activating group) is 1. The molecule has 7 heteroatoms. The fraction of sp³-hybridized carbons (Fsp3) is 0.300. The van der Waals surface area contributed by atoms with Crippen LogP contribution in [-0.4, -0.2) is 24.7 Å².